The fraction of sp³-hybridized carbons (Fsp3) is 0.562. The number of sulfonamides is 1. The van der Waals surface area contributed by atoms with Gasteiger partial charge in [0.05, 0.1) is 10.6 Å². The average molecular weight is 340 g/mol. The van der Waals surface area contributed by atoms with Crippen LogP contribution in [0.25, 0.3) is 0 Å². The Bertz CT molecular complexity index is 673. The summed E-state index contributed by atoms with van der Waals surface area (Å²) < 4.78 is 32.9. The summed E-state index contributed by atoms with van der Waals surface area (Å²) in [5, 5.41) is 2.74. The van der Waals surface area contributed by atoms with Gasteiger partial charge in [-0.15, -0.1) is 0 Å². The molecule has 1 aliphatic heterocycles. The molecule has 0 unspecified atom stereocenters. The van der Waals surface area contributed by atoms with E-state index >= 15 is 0 Å². The lowest BCUT2D eigenvalue weighted by atomic mass is 10.1. The number of carbonyl (C=O) groups excluding carboxylic acids is 1. The van der Waals surface area contributed by atoms with E-state index < -0.39 is 16.1 Å². The van der Waals surface area contributed by atoms with Crippen molar-refractivity contribution in [3.8, 4) is 5.75 Å². The smallest absolute Gasteiger partial charge is 0.265 e. The van der Waals surface area contributed by atoms with E-state index in [-0.39, 0.29) is 16.8 Å². The molecule has 0 saturated heterocycles. The summed E-state index contributed by atoms with van der Waals surface area (Å²) in [6, 6.07) is 4.38. The van der Waals surface area contributed by atoms with Crippen molar-refractivity contribution in [1.29, 1.82) is 0 Å². The van der Waals surface area contributed by atoms with E-state index in [1.54, 1.807) is 13.0 Å². The van der Waals surface area contributed by atoms with Crippen LogP contribution in [0.2, 0.25) is 0 Å². The van der Waals surface area contributed by atoms with Crippen molar-refractivity contribution in [3.63, 3.8) is 0 Å². The molecule has 2 N–H and O–H groups in total. The predicted octanol–water partition coefficient (Wildman–Crippen LogP) is 2.65. The van der Waals surface area contributed by atoms with Crippen LogP contribution < -0.4 is 14.8 Å². The summed E-state index contributed by atoms with van der Waals surface area (Å²) in [5.74, 6) is 0.281. The lowest BCUT2D eigenvalue weighted by molar-refractivity contribution is -0.123. The zero-order chi connectivity index (χ0) is 17.0. The topological polar surface area (TPSA) is 84.5 Å². The van der Waals surface area contributed by atoms with Gasteiger partial charge in [-0.05, 0) is 44.4 Å². The highest BCUT2D eigenvalue weighted by molar-refractivity contribution is 7.89. The Balaban J connectivity index is 2.21. The van der Waals surface area contributed by atoms with Crippen molar-refractivity contribution in [2.24, 2.45) is 0 Å². The standard InChI is InChI=1S/C16H24N2O4S/c1-4-6-7-15-16(19)17-13-10-12(8-9-14(13)22-15)23(20,21)18-11(3)5-2/h8-11,15,18H,4-7H2,1-3H3,(H,17,19)/t11-,15-/m0/s1. The summed E-state index contributed by atoms with van der Waals surface area (Å²) in [7, 11) is -3.61. The van der Waals surface area contributed by atoms with Gasteiger partial charge in [0.2, 0.25) is 10.0 Å². The predicted molar refractivity (Wildman–Crippen MR) is 89.1 cm³/mol. The van der Waals surface area contributed by atoms with E-state index in [1.165, 1.54) is 12.1 Å². The van der Waals surface area contributed by atoms with Crippen LogP contribution in [-0.4, -0.2) is 26.5 Å². The first-order valence-electron chi connectivity index (χ1n) is 8.01. The SMILES string of the molecule is CCCC[C@@H]1Oc2ccc(S(=O)(=O)N[C@@H](C)CC)cc2NC1=O. The zero-order valence-corrected chi connectivity index (χ0v) is 14.6. The number of hydrogen-bond acceptors (Lipinski definition) is 4. The van der Waals surface area contributed by atoms with Gasteiger partial charge >= 0.3 is 0 Å². The summed E-state index contributed by atoms with van der Waals surface area (Å²) in [4.78, 5) is 12.2. The lowest BCUT2D eigenvalue weighted by Gasteiger charge is -2.26. The molecule has 0 radical (unpaired) electrons. The van der Waals surface area contributed by atoms with Crippen molar-refractivity contribution in [3.05, 3.63) is 18.2 Å². The molecule has 128 valence electrons. The molecule has 0 aliphatic carbocycles. The minimum absolute atomic E-state index is 0.118. The third-order valence-electron chi connectivity index (χ3n) is 3.87. The number of benzene rings is 1. The van der Waals surface area contributed by atoms with Gasteiger partial charge in [0.25, 0.3) is 5.91 Å². The summed E-state index contributed by atoms with van der Waals surface area (Å²) >= 11 is 0. The van der Waals surface area contributed by atoms with Crippen LogP contribution in [0, 0.1) is 0 Å². The molecule has 0 bridgehead atoms. The molecule has 0 aromatic heterocycles. The molecule has 1 heterocycles. The molecule has 1 aliphatic rings. The molecular formula is C16H24N2O4S. The number of hydrogen-bond donors (Lipinski definition) is 2. The molecule has 1 amide bonds. The summed E-state index contributed by atoms with van der Waals surface area (Å²) in [6.07, 6.45) is 2.72. The number of anilines is 1. The summed E-state index contributed by atoms with van der Waals surface area (Å²) in [5.41, 5.74) is 0.398. The molecule has 0 spiro atoms. The van der Waals surface area contributed by atoms with E-state index in [1.807, 2.05) is 6.92 Å². The summed E-state index contributed by atoms with van der Waals surface area (Å²) in [6.45, 7) is 5.76. The third kappa shape index (κ3) is 4.23. The van der Waals surface area contributed by atoms with Gasteiger partial charge in [0.15, 0.2) is 6.10 Å². The molecule has 0 fully saturated rings. The first kappa shape index (κ1) is 17.7. The van der Waals surface area contributed by atoms with Crippen molar-refractivity contribution in [2.45, 2.75) is 63.5 Å². The second-order valence-corrected chi connectivity index (χ2v) is 7.54. The third-order valence-corrected chi connectivity index (χ3v) is 5.46. The zero-order valence-electron chi connectivity index (χ0n) is 13.8. The van der Waals surface area contributed by atoms with E-state index in [0.717, 1.165) is 12.8 Å². The maximum atomic E-state index is 12.3. The number of fused-ring (bicyclic) bond motifs is 1. The molecule has 0 saturated carbocycles. The van der Waals surface area contributed by atoms with Crippen LogP contribution in [0.5, 0.6) is 5.75 Å². The quantitative estimate of drug-likeness (QED) is 0.799. The van der Waals surface area contributed by atoms with E-state index in [0.29, 0.717) is 24.3 Å². The molecule has 6 nitrogen and oxygen atoms in total. The van der Waals surface area contributed by atoms with Gasteiger partial charge in [0.1, 0.15) is 5.75 Å². The highest BCUT2D eigenvalue weighted by Gasteiger charge is 2.28. The fourth-order valence-corrected chi connectivity index (χ4v) is 3.65. The van der Waals surface area contributed by atoms with E-state index in [9.17, 15) is 13.2 Å². The van der Waals surface area contributed by atoms with Crippen LogP contribution in [-0.2, 0) is 14.8 Å². The number of unbranched alkanes of at least 4 members (excludes halogenated alkanes) is 1. The first-order chi connectivity index (χ1) is 10.9. The Morgan fingerprint density at radius 1 is 1.35 bits per heavy atom. The number of amides is 1. The maximum absolute atomic E-state index is 12.3. The van der Waals surface area contributed by atoms with Crippen LogP contribution in [0.15, 0.2) is 23.1 Å². The Kier molecular flexibility index (Phi) is 5.64. The normalized spacial score (nSPS) is 18.7. The average Bonchev–Trinajstić information content (AvgIpc) is 2.51. The lowest BCUT2D eigenvalue weighted by Crippen LogP contribution is -2.37. The second kappa shape index (κ2) is 7.31. The second-order valence-electron chi connectivity index (χ2n) is 5.83. The van der Waals surface area contributed by atoms with Gasteiger partial charge in [-0.25, -0.2) is 13.1 Å². The van der Waals surface area contributed by atoms with Gasteiger partial charge < -0.3 is 10.1 Å². The van der Waals surface area contributed by atoms with Crippen LogP contribution >= 0.6 is 0 Å². The molecule has 23 heavy (non-hydrogen) atoms. The Morgan fingerprint density at radius 2 is 2.09 bits per heavy atom. The minimum atomic E-state index is -3.61. The first-order valence-corrected chi connectivity index (χ1v) is 9.49. The van der Waals surface area contributed by atoms with Crippen LogP contribution in [0.1, 0.15) is 46.5 Å². The molecule has 1 aromatic rings. The molecule has 2 rings (SSSR count). The van der Waals surface area contributed by atoms with Gasteiger partial charge in [-0.2, -0.15) is 0 Å². The fourth-order valence-electron chi connectivity index (χ4n) is 2.29. The molecule has 1 aromatic carbocycles. The highest BCUT2D eigenvalue weighted by atomic mass is 32.2. The Morgan fingerprint density at radius 3 is 2.74 bits per heavy atom. The van der Waals surface area contributed by atoms with Gasteiger partial charge in [0, 0.05) is 6.04 Å². The number of nitrogens with one attached hydrogen (secondary N) is 2. The molecular weight excluding hydrogens is 316 g/mol. The van der Waals surface area contributed by atoms with Gasteiger partial charge in [-0.1, -0.05) is 20.3 Å². The Hall–Kier alpha value is -1.60. The largest absolute Gasteiger partial charge is 0.478 e. The maximum Gasteiger partial charge on any atom is 0.265 e. The molecule has 7 heteroatoms. The minimum Gasteiger partial charge on any atom is -0.478 e. The van der Waals surface area contributed by atoms with Crippen LogP contribution in [0.4, 0.5) is 5.69 Å². The van der Waals surface area contributed by atoms with Gasteiger partial charge in [-0.3, -0.25) is 4.79 Å². The van der Waals surface area contributed by atoms with Crippen LogP contribution in [0.3, 0.4) is 0 Å². The van der Waals surface area contributed by atoms with E-state index in [4.69, 9.17) is 4.74 Å². The van der Waals surface area contributed by atoms with E-state index in [2.05, 4.69) is 17.0 Å². The van der Waals surface area contributed by atoms with Crippen molar-refractivity contribution in [1.82, 2.24) is 4.72 Å². The number of rotatable bonds is 7. The number of carbonyl (C=O) groups is 1. The van der Waals surface area contributed by atoms with Crippen molar-refractivity contribution >= 4 is 21.6 Å². The Labute approximate surface area is 137 Å². The van der Waals surface area contributed by atoms with Crippen molar-refractivity contribution < 1.29 is 17.9 Å². The highest BCUT2D eigenvalue weighted by Crippen LogP contribution is 2.32. The monoisotopic (exact) mass is 340 g/mol. The van der Waals surface area contributed by atoms with Crippen molar-refractivity contribution in [2.75, 3.05) is 5.32 Å². The number of ether oxygens (including phenoxy) is 1. The molecule has 2 atom stereocenters.